The standard InChI is InChI=1S/C26H24N2O2S/c1-2-17-30-23-15-13-20(14-16-23)18-24-25(29)28(19-21-9-5-3-6-10-21)26(31-24)27-22-11-7-4-8-12-22/h3-16,18H,2,17,19H2,1H3. The van der Waals surface area contributed by atoms with E-state index in [1.807, 2.05) is 91.0 Å². The summed E-state index contributed by atoms with van der Waals surface area (Å²) in [5.41, 5.74) is 2.85. The zero-order valence-corrected chi connectivity index (χ0v) is 18.2. The minimum atomic E-state index is -0.0326. The largest absolute Gasteiger partial charge is 0.494 e. The van der Waals surface area contributed by atoms with Crippen LogP contribution in [-0.2, 0) is 11.3 Å². The third kappa shape index (κ3) is 5.44. The van der Waals surface area contributed by atoms with Crippen LogP contribution in [-0.4, -0.2) is 22.6 Å². The lowest BCUT2D eigenvalue weighted by Crippen LogP contribution is -2.28. The first-order valence-electron chi connectivity index (χ1n) is 10.3. The van der Waals surface area contributed by atoms with Gasteiger partial charge in [0.1, 0.15) is 5.75 Å². The summed E-state index contributed by atoms with van der Waals surface area (Å²) in [6.45, 7) is 3.26. The van der Waals surface area contributed by atoms with Crippen molar-refractivity contribution >= 4 is 34.6 Å². The first-order chi connectivity index (χ1) is 15.2. The highest BCUT2D eigenvalue weighted by Gasteiger charge is 2.33. The number of hydrogen-bond acceptors (Lipinski definition) is 4. The number of thioether (sulfide) groups is 1. The number of para-hydroxylation sites is 1. The lowest BCUT2D eigenvalue weighted by atomic mass is 10.2. The Morgan fingerprint density at radius 2 is 1.61 bits per heavy atom. The van der Waals surface area contributed by atoms with Crippen molar-refractivity contribution in [2.45, 2.75) is 19.9 Å². The Morgan fingerprint density at radius 3 is 2.29 bits per heavy atom. The molecule has 4 rings (SSSR count). The van der Waals surface area contributed by atoms with Crippen LogP contribution in [0.5, 0.6) is 5.75 Å². The molecule has 1 fully saturated rings. The molecule has 1 saturated heterocycles. The molecule has 0 aliphatic carbocycles. The van der Waals surface area contributed by atoms with E-state index in [1.165, 1.54) is 11.8 Å². The van der Waals surface area contributed by atoms with Gasteiger partial charge in [0.2, 0.25) is 0 Å². The van der Waals surface area contributed by atoms with Crippen molar-refractivity contribution in [3.8, 4) is 5.75 Å². The number of ether oxygens (including phenoxy) is 1. The number of benzene rings is 3. The first-order valence-corrected chi connectivity index (χ1v) is 11.2. The van der Waals surface area contributed by atoms with E-state index in [1.54, 1.807) is 4.90 Å². The van der Waals surface area contributed by atoms with Crippen molar-refractivity contribution in [2.75, 3.05) is 6.61 Å². The molecule has 4 nitrogen and oxygen atoms in total. The number of amidine groups is 1. The van der Waals surface area contributed by atoms with Crippen LogP contribution in [0.2, 0.25) is 0 Å². The van der Waals surface area contributed by atoms with Crippen LogP contribution in [0.1, 0.15) is 24.5 Å². The van der Waals surface area contributed by atoms with Gasteiger partial charge in [0.25, 0.3) is 5.91 Å². The van der Waals surface area contributed by atoms with Gasteiger partial charge < -0.3 is 4.74 Å². The Bertz CT molecular complexity index is 1080. The van der Waals surface area contributed by atoms with Gasteiger partial charge in [-0.15, -0.1) is 0 Å². The molecule has 0 N–H and O–H groups in total. The van der Waals surface area contributed by atoms with Crippen LogP contribution in [0.15, 0.2) is 94.8 Å². The number of rotatable bonds is 7. The first kappa shape index (κ1) is 20.9. The molecule has 5 heteroatoms. The molecule has 1 heterocycles. The molecular weight excluding hydrogens is 404 g/mol. The fourth-order valence-corrected chi connectivity index (χ4v) is 4.14. The van der Waals surface area contributed by atoms with E-state index in [2.05, 4.69) is 6.92 Å². The predicted octanol–water partition coefficient (Wildman–Crippen LogP) is 6.28. The molecule has 156 valence electrons. The summed E-state index contributed by atoms with van der Waals surface area (Å²) in [5.74, 6) is 0.807. The van der Waals surface area contributed by atoms with Crippen LogP contribution < -0.4 is 4.74 Å². The number of carbonyl (C=O) groups is 1. The van der Waals surface area contributed by atoms with Gasteiger partial charge in [0.15, 0.2) is 5.17 Å². The second-order valence-corrected chi connectivity index (χ2v) is 8.14. The van der Waals surface area contributed by atoms with Crippen molar-refractivity contribution in [3.05, 3.63) is 101 Å². The normalized spacial score (nSPS) is 16.3. The van der Waals surface area contributed by atoms with Gasteiger partial charge in [-0.1, -0.05) is 67.6 Å². The van der Waals surface area contributed by atoms with Crippen LogP contribution >= 0.6 is 11.8 Å². The molecule has 1 aliphatic heterocycles. The number of hydrogen-bond donors (Lipinski definition) is 0. The smallest absolute Gasteiger partial charge is 0.267 e. The van der Waals surface area contributed by atoms with E-state index in [0.717, 1.165) is 29.0 Å². The average molecular weight is 429 g/mol. The molecule has 1 amide bonds. The second kappa shape index (κ2) is 10.1. The maximum atomic E-state index is 13.3. The Morgan fingerprint density at radius 1 is 0.935 bits per heavy atom. The Hall–Kier alpha value is -3.31. The lowest BCUT2D eigenvalue weighted by molar-refractivity contribution is -0.122. The Kier molecular flexibility index (Phi) is 6.85. The van der Waals surface area contributed by atoms with E-state index in [4.69, 9.17) is 9.73 Å². The molecule has 1 aliphatic rings. The Balaban J connectivity index is 1.61. The van der Waals surface area contributed by atoms with Crippen LogP contribution in [0.25, 0.3) is 6.08 Å². The van der Waals surface area contributed by atoms with Gasteiger partial charge in [-0.2, -0.15) is 0 Å². The van der Waals surface area contributed by atoms with Crippen LogP contribution in [0.4, 0.5) is 5.69 Å². The maximum absolute atomic E-state index is 13.3. The molecule has 0 unspecified atom stereocenters. The van der Waals surface area contributed by atoms with Gasteiger partial charge in [0, 0.05) is 0 Å². The van der Waals surface area contributed by atoms with Crippen molar-refractivity contribution in [2.24, 2.45) is 4.99 Å². The molecule has 0 saturated carbocycles. The number of aliphatic imine (C=N–C) groups is 1. The van der Waals surface area contributed by atoms with E-state index < -0.39 is 0 Å². The van der Waals surface area contributed by atoms with Crippen molar-refractivity contribution in [1.82, 2.24) is 4.90 Å². The Labute approximate surface area is 187 Å². The predicted molar refractivity (Wildman–Crippen MR) is 128 cm³/mol. The van der Waals surface area contributed by atoms with E-state index >= 15 is 0 Å². The molecule has 0 bridgehead atoms. The number of nitrogens with zero attached hydrogens (tertiary/aromatic N) is 2. The monoisotopic (exact) mass is 428 g/mol. The van der Waals surface area contributed by atoms with Crippen molar-refractivity contribution in [3.63, 3.8) is 0 Å². The topological polar surface area (TPSA) is 41.9 Å². The molecule has 0 atom stereocenters. The summed E-state index contributed by atoms with van der Waals surface area (Å²) in [6, 6.07) is 27.5. The van der Waals surface area contributed by atoms with Crippen LogP contribution in [0.3, 0.4) is 0 Å². The fraction of sp³-hybridized carbons (Fsp3) is 0.154. The quantitative estimate of drug-likeness (QED) is 0.416. The van der Waals surface area contributed by atoms with Gasteiger partial charge >= 0.3 is 0 Å². The molecule has 0 aromatic heterocycles. The molecule has 3 aromatic carbocycles. The average Bonchev–Trinajstić information content (AvgIpc) is 3.09. The van der Waals surface area contributed by atoms with Gasteiger partial charge in [-0.3, -0.25) is 9.69 Å². The second-order valence-electron chi connectivity index (χ2n) is 7.13. The van der Waals surface area contributed by atoms with Crippen molar-refractivity contribution in [1.29, 1.82) is 0 Å². The summed E-state index contributed by atoms with van der Waals surface area (Å²) in [4.78, 5) is 20.4. The van der Waals surface area contributed by atoms with Gasteiger partial charge in [-0.25, -0.2) is 4.99 Å². The van der Waals surface area contributed by atoms with E-state index in [-0.39, 0.29) is 5.91 Å². The third-order valence-corrected chi connectivity index (χ3v) is 5.71. The van der Waals surface area contributed by atoms with E-state index in [9.17, 15) is 4.79 Å². The van der Waals surface area contributed by atoms with E-state index in [0.29, 0.717) is 23.2 Å². The highest BCUT2D eigenvalue weighted by molar-refractivity contribution is 8.18. The summed E-state index contributed by atoms with van der Waals surface area (Å²) in [6.07, 6.45) is 2.89. The SMILES string of the molecule is CCCOc1ccc(C=C2SC(=Nc3ccccc3)N(Cc3ccccc3)C2=O)cc1. The number of carbonyl (C=O) groups excluding carboxylic acids is 1. The van der Waals surface area contributed by atoms with Crippen molar-refractivity contribution < 1.29 is 9.53 Å². The maximum Gasteiger partial charge on any atom is 0.267 e. The molecule has 3 aromatic rings. The minimum absolute atomic E-state index is 0.0326. The highest BCUT2D eigenvalue weighted by Crippen LogP contribution is 2.35. The van der Waals surface area contributed by atoms with Gasteiger partial charge in [-0.05, 0) is 59.7 Å². The highest BCUT2D eigenvalue weighted by atomic mass is 32.2. The lowest BCUT2D eigenvalue weighted by Gasteiger charge is -2.15. The summed E-state index contributed by atoms with van der Waals surface area (Å²) < 4.78 is 5.65. The van der Waals surface area contributed by atoms with Gasteiger partial charge in [0.05, 0.1) is 23.7 Å². The third-order valence-electron chi connectivity index (χ3n) is 4.70. The van der Waals surface area contributed by atoms with Crippen LogP contribution in [0, 0.1) is 0 Å². The molecule has 0 spiro atoms. The fourth-order valence-electron chi connectivity index (χ4n) is 3.14. The molecule has 0 radical (unpaired) electrons. The zero-order valence-electron chi connectivity index (χ0n) is 17.4. The summed E-state index contributed by atoms with van der Waals surface area (Å²) in [5, 5.41) is 0.689. The molecule has 31 heavy (non-hydrogen) atoms. The number of amides is 1. The summed E-state index contributed by atoms with van der Waals surface area (Å²) in [7, 11) is 0. The zero-order chi connectivity index (χ0) is 21.5. The summed E-state index contributed by atoms with van der Waals surface area (Å²) >= 11 is 1.41. The molecular formula is C26H24N2O2S. The minimum Gasteiger partial charge on any atom is -0.494 e.